The number of amides is 1. The fraction of sp³-hybridized carbons (Fsp3) is 0.562. The smallest absolute Gasteiger partial charge is 0.239 e. The Balaban J connectivity index is 1.56. The molecule has 2 fully saturated rings. The first-order chi connectivity index (χ1) is 9.24. The van der Waals surface area contributed by atoms with Gasteiger partial charge in [0.1, 0.15) is 0 Å². The lowest BCUT2D eigenvalue weighted by atomic mass is 10.0. The summed E-state index contributed by atoms with van der Waals surface area (Å²) in [6, 6.07) is 11.1. The number of carbonyl (C=O) groups excluding carboxylic acids is 1. The van der Waals surface area contributed by atoms with E-state index in [9.17, 15) is 4.79 Å². The van der Waals surface area contributed by atoms with Gasteiger partial charge in [-0.15, -0.1) is 0 Å². The van der Waals surface area contributed by atoms with Gasteiger partial charge in [0.2, 0.25) is 5.91 Å². The predicted molar refractivity (Wildman–Crippen MR) is 76.0 cm³/mol. The van der Waals surface area contributed by atoms with Crippen LogP contribution >= 0.6 is 0 Å². The highest BCUT2D eigenvalue weighted by Crippen LogP contribution is 2.24. The second-order valence-corrected chi connectivity index (χ2v) is 5.88. The van der Waals surface area contributed by atoms with Gasteiger partial charge in [-0.3, -0.25) is 4.79 Å². The molecule has 1 heterocycles. The van der Waals surface area contributed by atoms with Gasteiger partial charge in [-0.2, -0.15) is 0 Å². The molecule has 1 aromatic rings. The molecule has 3 rings (SSSR count). The summed E-state index contributed by atoms with van der Waals surface area (Å²) >= 11 is 0. The molecule has 102 valence electrons. The van der Waals surface area contributed by atoms with Gasteiger partial charge >= 0.3 is 0 Å². The van der Waals surface area contributed by atoms with Crippen LogP contribution in [0.15, 0.2) is 30.3 Å². The average Bonchev–Trinajstić information content (AvgIpc) is 3.19. The largest absolute Gasteiger partial charge is 0.341 e. The van der Waals surface area contributed by atoms with Crippen molar-refractivity contribution < 1.29 is 4.79 Å². The average molecular weight is 258 g/mol. The molecule has 3 nitrogen and oxygen atoms in total. The lowest BCUT2D eigenvalue weighted by Crippen LogP contribution is -2.40. The van der Waals surface area contributed by atoms with Crippen LogP contribution in [0.3, 0.4) is 0 Å². The van der Waals surface area contributed by atoms with Crippen molar-refractivity contribution >= 4 is 5.91 Å². The van der Waals surface area contributed by atoms with E-state index in [4.69, 9.17) is 0 Å². The Labute approximate surface area is 115 Å². The maximum atomic E-state index is 12.3. The standard InChI is InChI=1S/C16H22N2O/c1-12(13-5-3-2-4-6-13)11-18-10-9-15(16(18)19)17-14-7-8-14/h2-6,12,14-15,17H,7-11H2,1H3. The molecule has 0 spiro atoms. The van der Waals surface area contributed by atoms with Crippen molar-refractivity contribution in [2.24, 2.45) is 0 Å². The number of likely N-dealkylation sites (tertiary alicyclic amines) is 1. The van der Waals surface area contributed by atoms with Crippen LogP contribution in [0, 0.1) is 0 Å². The Kier molecular flexibility index (Phi) is 3.56. The minimum atomic E-state index is 0.0791. The molecule has 1 aliphatic carbocycles. The van der Waals surface area contributed by atoms with Crippen molar-refractivity contribution in [1.82, 2.24) is 10.2 Å². The molecule has 1 N–H and O–H groups in total. The molecule has 1 amide bonds. The molecule has 1 aliphatic heterocycles. The van der Waals surface area contributed by atoms with Crippen LogP contribution in [0.2, 0.25) is 0 Å². The van der Waals surface area contributed by atoms with E-state index >= 15 is 0 Å². The third-order valence-corrected chi connectivity index (χ3v) is 4.17. The lowest BCUT2D eigenvalue weighted by molar-refractivity contribution is -0.129. The van der Waals surface area contributed by atoms with Crippen LogP contribution in [-0.4, -0.2) is 36.0 Å². The molecule has 2 aliphatic rings. The van der Waals surface area contributed by atoms with Crippen molar-refractivity contribution in [3.8, 4) is 0 Å². The van der Waals surface area contributed by atoms with Gasteiger partial charge in [0.05, 0.1) is 6.04 Å². The van der Waals surface area contributed by atoms with E-state index in [0.717, 1.165) is 19.5 Å². The van der Waals surface area contributed by atoms with Crippen molar-refractivity contribution in [2.45, 2.75) is 44.2 Å². The summed E-state index contributed by atoms with van der Waals surface area (Å²) in [5.41, 5.74) is 1.31. The van der Waals surface area contributed by atoms with E-state index in [-0.39, 0.29) is 6.04 Å². The number of hydrogen-bond acceptors (Lipinski definition) is 2. The number of carbonyl (C=O) groups is 1. The highest BCUT2D eigenvalue weighted by molar-refractivity contribution is 5.84. The van der Waals surface area contributed by atoms with Gasteiger partial charge in [-0.05, 0) is 30.7 Å². The first-order valence-corrected chi connectivity index (χ1v) is 7.34. The minimum Gasteiger partial charge on any atom is -0.341 e. The van der Waals surface area contributed by atoms with Gasteiger partial charge in [0, 0.05) is 19.1 Å². The van der Waals surface area contributed by atoms with Gasteiger partial charge in [0.15, 0.2) is 0 Å². The molecule has 1 saturated carbocycles. The Morgan fingerprint density at radius 3 is 2.68 bits per heavy atom. The summed E-state index contributed by atoms with van der Waals surface area (Å²) < 4.78 is 0. The molecule has 1 aromatic carbocycles. The highest BCUT2D eigenvalue weighted by Gasteiger charge is 2.35. The van der Waals surface area contributed by atoms with Crippen molar-refractivity contribution in [3.63, 3.8) is 0 Å². The zero-order valence-corrected chi connectivity index (χ0v) is 11.5. The number of hydrogen-bond donors (Lipinski definition) is 1. The zero-order chi connectivity index (χ0) is 13.2. The molecule has 0 bridgehead atoms. The Morgan fingerprint density at radius 2 is 2.00 bits per heavy atom. The molecular formula is C16H22N2O. The topological polar surface area (TPSA) is 32.3 Å². The van der Waals surface area contributed by atoms with E-state index in [2.05, 4.69) is 36.5 Å². The Hall–Kier alpha value is -1.35. The second kappa shape index (κ2) is 5.33. The summed E-state index contributed by atoms with van der Waals surface area (Å²) in [7, 11) is 0. The fourth-order valence-corrected chi connectivity index (χ4v) is 2.83. The molecule has 19 heavy (non-hydrogen) atoms. The number of nitrogens with zero attached hydrogens (tertiary/aromatic N) is 1. The third kappa shape index (κ3) is 2.98. The summed E-state index contributed by atoms with van der Waals surface area (Å²) in [5, 5.41) is 3.45. The van der Waals surface area contributed by atoms with Gasteiger partial charge in [-0.25, -0.2) is 0 Å². The van der Waals surface area contributed by atoms with Crippen molar-refractivity contribution in [1.29, 1.82) is 0 Å². The van der Waals surface area contributed by atoms with Crippen LogP contribution in [0.25, 0.3) is 0 Å². The van der Waals surface area contributed by atoms with E-state index in [1.807, 2.05) is 11.0 Å². The zero-order valence-electron chi connectivity index (χ0n) is 11.5. The van der Waals surface area contributed by atoms with Crippen molar-refractivity contribution in [2.75, 3.05) is 13.1 Å². The molecule has 1 saturated heterocycles. The summed E-state index contributed by atoms with van der Waals surface area (Å²) in [5.74, 6) is 0.708. The van der Waals surface area contributed by atoms with E-state index in [1.165, 1.54) is 18.4 Å². The summed E-state index contributed by atoms with van der Waals surface area (Å²) in [6.45, 7) is 3.94. The molecular weight excluding hydrogens is 236 g/mol. The van der Waals surface area contributed by atoms with Gasteiger partial charge in [-0.1, -0.05) is 37.3 Å². The second-order valence-electron chi connectivity index (χ2n) is 5.88. The number of benzene rings is 1. The lowest BCUT2D eigenvalue weighted by Gasteiger charge is -2.22. The fourth-order valence-electron chi connectivity index (χ4n) is 2.83. The Morgan fingerprint density at radius 1 is 1.26 bits per heavy atom. The maximum Gasteiger partial charge on any atom is 0.239 e. The first-order valence-electron chi connectivity index (χ1n) is 7.34. The maximum absolute atomic E-state index is 12.3. The van der Waals surface area contributed by atoms with Crippen LogP contribution in [0.4, 0.5) is 0 Å². The first kappa shape index (κ1) is 12.7. The van der Waals surface area contributed by atoms with Gasteiger partial charge < -0.3 is 10.2 Å². The molecule has 2 unspecified atom stereocenters. The highest BCUT2D eigenvalue weighted by atomic mass is 16.2. The van der Waals surface area contributed by atoms with Gasteiger partial charge in [0.25, 0.3) is 0 Å². The van der Waals surface area contributed by atoms with Crippen LogP contribution < -0.4 is 5.32 Å². The van der Waals surface area contributed by atoms with E-state index in [1.54, 1.807) is 0 Å². The SMILES string of the molecule is CC(CN1CCC(NC2CC2)C1=O)c1ccccc1. The van der Waals surface area contributed by atoms with Crippen molar-refractivity contribution in [3.05, 3.63) is 35.9 Å². The van der Waals surface area contributed by atoms with Crippen LogP contribution in [-0.2, 0) is 4.79 Å². The number of rotatable bonds is 5. The van der Waals surface area contributed by atoms with Crippen LogP contribution in [0.1, 0.15) is 37.7 Å². The molecule has 3 heteroatoms. The van der Waals surface area contributed by atoms with E-state index < -0.39 is 0 Å². The quantitative estimate of drug-likeness (QED) is 0.877. The van der Waals surface area contributed by atoms with Crippen LogP contribution in [0.5, 0.6) is 0 Å². The monoisotopic (exact) mass is 258 g/mol. The summed E-state index contributed by atoms with van der Waals surface area (Å²) in [4.78, 5) is 14.3. The molecule has 0 aromatic heterocycles. The van der Waals surface area contributed by atoms with E-state index in [0.29, 0.717) is 17.9 Å². The Bertz CT molecular complexity index is 441. The molecule has 2 atom stereocenters. The summed E-state index contributed by atoms with van der Waals surface area (Å²) in [6.07, 6.45) is 3.45. The normalized spacial score (nSPS) is 24.8. The number of nitrogens with one attached hydrogen (secondary N) is 1. The third-order valence-electron chi connectivity index (χ3n) is 4.17. The molecule has 0 radical (unpaired) electrons. The predicted octanol–water partition coefficient (Wildman–Crippen LogP) is 2.14. The minimum absolute atomic E-state index is 0.0791.